The smallest absolute Gasteiger partial charge is 0.192 e. The van der Waals surface area contributed by atoms with Crippen LogP contribution in [-0.4, -0.2) is 24.8 Å². The molecule has 1 aromatic carbocycles. The van der Waals surface area contributed by atoms with Crippen molar-refractivity contribution in [2.45, 2.75) is 29.7 Å². The first-order chi connectivity index (χ1) is 8.65. The summed E-state index contributed by atoms with van der Waals surface area (Å²) >= 11 is 0. The van der Waals surface area contributed by atoms with Crippen molar-refractivity contribution in [3.8, 4) is 11.5 Å². The van der Waals surface area contributed by atoms with Gasteiger partial charge in [0.15, 0.2) is 24.8 Å². The molecule has 0 atom stereocenters. The van der Waals surface area contributed by atoms with E-state index in [-0.39, 0.29) is 54.5 Å². The van der Waals surface area contributed by atoms with Gasteiger partial charge in [-0.2, -0.15) is 0 Å². The van der Waals surface area contributed by atoms with Crippen LogP contribution in [0.5, 0.6) is 11.5 Å². The predicted octanol–water partition coefficient (Wildman–Crippen LogP) is 4.50. The second kappa shape index (κ2) is 15.0. The molecule has 4 nitrogen and oxygen atoms in total. The Morgan fingerprint density at radius 2 is 1.05 bits per heavy atom. The van der Waals surface area contributed by atoms with Crippen LogP contribution in [0.3, 0.4) is 0 Å². The molecule has 0 aromatic heterocycles. The van der Waals surface area contributed by atoms with Gasteiger partial charge in [0.25, 0.3) is 0 Å². The van der Waals surface area contributed by atoms with E-state index in [9.17, 15) is 9.59 Å². The Morgan fingerprint density at radius 1 is 0.773 bits per heavy atom. The van der Waals surface area contributed by atoms with E-state index in [0.717, 1.165) is 0 Å². The molecule has 0 saturated carbocycles. The van der Waals surface area contributed by atoms with Gasteiger partial charge in [-0.3, -0.25) is 9.59 Å². The van der Waals surface area contributed by atoms with Gasteiger partial charge in [0.2, 0.25) is 0 Å². The molecule has 0 fully saturated rings. The van der Waals surface area contributed by atoms with Crippen LogP contribution in [0.1, 0.15) is 29.7 Å². The summed E-state index contributed by atoms with van der Waals surface area (Å²) in [6.45, 7) is 6.61. The summed E-state index contributed by atoms with van der Waals surface area (Å²) in [6, 6.07) is 6.63. The van der Waals surface area contributed by atoms with Gasteiger partial charge in [0.05, 0.1) is 0 Å². The van der Waals surface area contributed by atoms with Crippen molar-refractivity contribution in [3.05, 3.63) is 49.6 Å². The van der Waals surface area contributed by atoms with Crippen molar-refractivity contribution < 1.29 is 19.1 Å². The van der Waals surface area contributed by atoms with Crippen molar-refractivity contribution in [1.29, 1.82) is 0 Å². The fourth-order valence-electron chi connectivity index (χ4n) is 1.06. The van der Waals surface area contributed by atoms with E-state index >= 15 is 0 Å². The molecule has 0 unspecified atom stereocenters. The third-order valence-corrected chi connectivity index (χ3v) is 2.04. The molecule has 0 saturated heterocycles. The second-order valence-corrected chi connectivity index (χ2v) is 3.39. The maximum Gasteiger partial charge on any atom is 0.192 e. The maximum atomic E-state index is 10.9. The summed E-state index contributed by atoms with van der Waals surface area (Å²) in [5.41, 5.74) is 0. The minimum atomic E-state index is -0.188. The number of hydrogen-bond donors (Lipinski definition) is 0. The fourth-order valence-corrected chi connectivity index (χ4v) is 1.06. The van der Waals surface area contributed by atoms with Crippen LogP contribution in [0.25, 0.3) is 0 Å². The maximum absolute atomic E-state index is 10.9. The summed E-state index contributed by atoms with van der Waals surface area (Å²) in [4.78, 5) is 21.9. The minimum Gasteiger partial charge on any atom is -0.485 e. The second-order valence-electron chi connectivity index (χ2n) is 3.39. The standard InChI is InChI=1S/C14H14O4.4CH4/c1-3-11(15)9-17-13-5-7-14(8-6-13)18-10-12(16)4-2;;;;/h3-8H,1-2,9-10H2;4*1H4. The average Bonchev–Trinajstić information content (AvgIpc) is 2.43. The van der Waals surface area contributed by atoms with Crippen molar-refractivity contribution >= 4 is 11.6 Å². The lowest BCUT2D eigenvalue weighted by atomic mass is 10.3. The summed E-state index contributed by atoms with van der Waals surface area (Å²) in [5, 5.41) is 0. The Labute approximate surface area is 135 Å². The number of carbonyl (C=O) groups is 2. The molecule has 0 heterocycles. The lowest BCUT2D eigenvalue weighted by Crippen LogP contribution is -2.08. The fraction of sp³-hybridized carbons (Fsp3) is 0.333. The molecule has 1 rings (SSSR count). The highest BCUT2D eigenvalue weighted by atomic mass is 16.5. The van der Waals surface area contributed by atoms with Gasteiger partial charge in [-0.1, -0.05) is 42.9 Å². The Hall–Kier alpha value is -2.36. The van der Waals surface area contributed by atoms with Crippen molar-refractivity contribution in [1.82, 2.24) is 0 Å². The first-order valence-corrected chi connectivity index (χ1v) is 5.32. The monoisotopic (exact) mass is 310 g/mol. The SMILES string of the molecule is C.C.C.C.C=CC(=O)COc1ccc(OCC(=O)C=C)cc1. The molecule has 126 valence electrons. The Kier molecular flexibility index (Phi) is 19.1. The van der Waals surface area contributed by atoms with Crippen molar-refractivity contribution in [3.63, 3.8) is 0 Å². The molecule has 0 aliphatic carbocycles. The summed E-state index contributed by atoms with van der Waals surface area (Å²) in [7, 11) is 0. The molecular weight excluding hydrogens is 280 g/mol. The van der Waals surface area contributed by atoms with Crippen LogP contribution >= 0.6 is 0 Å². The summed E-state index contributed by atoms with van der Waals surface area (Å²) < 4.78 is 10.4. The quantitative estimate of drug-likeness (QED) is 0.663. The third kappa shape index (κ3) is 10.4. The number of benzene rings is 1. The summed E-state index contributed by atoms with van der Waals surface area (Å²) in [6.07, 6.45) is 2.41. The number of carbonyl (C=O) groups excluding carboxylic acids is 2. The topological polar surface area (TPSA) is 52.6 Å². The summed E-state index contributed by atoms with van der Waals surface area (Å²) in [5.74, 6) is 0.721. The molecular formula is C18H30O4. The van der Waals surface area contributed by atoms with Crippen LogP contribution in [0.2, 0.25) is 0 Å². The molecule has 0 aliphatic heterocycles. The van der Waals surface area contributed by atoms with Gasteiger partial charge in [-0.25, -0.2) is 0 Å². The highest BCUT2D eigenvalue weighted by molar-refractivity contribution is 5.90. The largest absolute Gasteiger partial charge is 0.485 e. The van der Waals surface area contributed by atoms with E-state index in [1.807, 2.05) is 0 Å². The van der Waals surface area contributed by atoms with Gasteiger partial charge in [-0.15, -0.1) is 0 Å². The number of hydrogen-bond acceptors (Lipinski definition) is 4. The van der Waals surface area contributed by atoms with Crippen LogP contribution in [-0.2, 0) is 9.59 Å². The zero-order valence-electron chi connectivity index (χ0n) is 9.93. The van der Waals surface area contributed by atoms with Crippen molar-refractivity contribution in [2.24, 2.45) is 0 Å². The average molecular weight is 310 g/mol. The third-order valence-electron chi connectivity index (χ3n) is 2.04. The number of ether oxygens (including phenoxy) is 2. The highest BCUT2D eigenvalue weighted by Crippen LogP contribution is 2.17. The van der Waals surface area contributed by atoms with E-state index < -0.39 is 0 Å². The molecule has 0 radical (unpaired) electrons. The zero-order valence-corrected chi connectivity index (χ0v) is 9.93. The van der Waals surface area contributed by atoms with Crippen molar-refractivity contribution in [2.75, 3.05) is 13.2 Å². The van der Waals surface area contributed by atoms with E-state index in [4.69, 9.17) is 9.47 Å². The van der Waals surface area contributed by atoms with Crippen LogP contribution in [0.4, 0.5) is 0 Å². The van der Waals surface area contributed by atoms with E-state index in [1.54, 1.807) is 24.3 Å². The first kappa shape index (κ1) is 27.9. The lowest BCUT2D eigenvalue weighted by molar-refractivity contribution is -0.117. The molecule has 0 aliphatic rings. The van der Waals surface area contributed by atoms with Crippen LogP contribution in [0, 0.1) is 0 Å². The van der Waals surface area contributed by atoms with Crippen LogP contribution in [0.15, 0.2) is 49.6 Å². The van der Waals surface area contributed by atoms with Gasteiger partial charge >= 0.3 is 0 Å². The minimum absolute atomic E-state index is 0. The molecule has 0 bridgehead atoms. The molecule has 22 heavy (non-hydrogen) atoms. The Bertz CT molecular complexity index is 404. The van der Waals surface area contributed by atoms with Gasteiger partial charge in [0, 0.05) is 0 Å². The molecule has 0 amide bonds. The normalized spacial score (nSPS) is 7.64. The molecule has 1 aromatic rings. The lowest BCUT2D eigenvalue weighted by Gasteiger charge is -2.06. The van der Waals surface area contributed by atoms with Gasteiger partial charge < -0.3 is 9.47 Å². The van der Waals surface area contributed by atoms with Gasteiger partial charge in [0.1, 0.15) is 11.5 Å². The Morgan fingerprint density at radius 3 is 1.27 bits per heavy atom. The van der Waals surface area contributed by atoms with Gasteiger partial charge in [-0.05, 0) is 36.4 Å². The molecule has 0 spiro atoms. The number of ketones is 2. The van der Waals surface area contributed by atoms with E-state index in [0.29, 0.717) is 11.5 Å². The first-order valence-electron chi connectivity index (χ1n) is 5.32. The highest BCUT2D eigenvalue weighted by Gasteiger charge is 2.01. The molecule has 4 heteroatoms. The number of rotatable bonds is 8. The molecule has 0 N–H and O–H groups in total. The zero-order chi connectivity index (χ0) is 13.4. The van der Waals surface area contributed by atoms with E-state index in [1.165, 1.54) is 12.2 Å². The van der Waals surface area contributed by atoms with E-state index in [2.05, 4.69) is 13.2 Å². The van der Waals surface area contributed by atoms with Crippen LogP contribution < -0.4 is 9.47 Å². The predicted molar refractivity (Wildman–Crippen MR) is 94.8 cm³/mol. The Balaban J connectivity index is -0.000000405.